The van der Waals surface area contributed by atoms with E-state index in [1.54, 1.807) is 27.7 Å². The summed E-state index contributed by atoms with van der Waals surface area (Å²) in [5, 5.41) is 10.9. The lowest BCUT2D eigenvalue weighted by atomic mass is 10.1. The number of nitrogens with zero attached hydrogens (tertiary/aromatic N) is 1. The van der Waals surface area contributed by atoms with Gasteiger partial charge >= 0.3 is 0 Å². The summed E-state index contributed by atoms with van der Waals surface area (Å²) in [6, 6.07) is 2.57. The van der Waals surface area contributed by atoms with E-state index in [-0.39, 0.29) is 29.5 Å². The van der Waals surface area contributed by atoms with Gasteiger partial charge in [-0.2, -0.15) is 0 Å². The quantitative estimate of drug-likeness (QED) is 0.626. The van der Waals surface area contributed by atoms with Crippen LogP contribution in [0.1, 0.15) is 25.0 Å². The maximum atomic E-state index is 12.2. The zero-order valence-corrected chi connectivity index (χ0v) is 14.0. The maximum Gasteiger partial charge on any atom is 0.273 e. The molecule has 1 aromatic carbocycles. The Morgan fingerprint density at radius 1 is 1.29 bits per heavy atom. The number of nitro benzene ring substituents is 1. The molecule has 7 nitrogen and oxygen atoms in total. The number of benzene rings is 1. The van der Waals surface area contributed by atoms with Crippen LogP contribution in [0.4, 0.5) is 5.69 Å². The van der Waals surface area contributed by atoms with Crippen LogP contribution in [0.25, 0.3) is 0 Å². The fourth-order valence-electron chi connectivity index (χ4n) is 1.67. The molecule has 0 spiro atoms. The molecule has 0 aliphatic carbocycles. The highest BCUT2D eigenvalue weighted by molar-refractivity contribution is 7.89. The smallest absolute Gasteiger partial charge is 0.273 e. The predicted octanol–water partition coefficient (Wildman–Crippen LogP) is 1.65. The van der Waals surface area contributed by atoms with Gasteiger partial charge in [-0.25, -0.2) is 13.1 Å². The van der Waals surface area contributed by atoms with Gasteiger partial charge in [0, 0.05) is 23.7 Å². The first-order valence-electron chi connectivity index (χ1n) is 5.98. The van der Waals surface area contributed by atoms with Crippen molar-refractivity contribution in [2.45, 2.75) is 38.1 Å². The second kappa shape index (κ2) is 6.69. The highest BCUT2D eigenvalue weighted by Gasteiger charge is 2.24. The van der Waals surface area contributed by atoms with Crippen LogP contribution in [-0.2, 0) is 10.0 Å². The monoisotopic (exact) mass is 337 g/mol. The molecule has 1 rings (SSSR count). The van der Waals surface area contributed by atoms with Crippen LogP contribution in [0.2, 0.25) is 0 Å². The largest absolute Gasteiger partial charge is 0.324 e. The average molecular weight is 338 g/mol. The maximum absolute atomic E-state index is 12.2. The van der Waals surface area contributed by atoms with Crippen LogP contribution in [0.3, 0.4) is 0 Å². The molecular weight excluding hydrogens is 318 g/mol. The van der Waals surface area contributed by atoms with Crippen LogP contribution in [0, 0.1) is 24.0 Å². The fourth-order valence-corrected chi connectivity index (χ4v) is 3.13. The third-order valence-corrected chi connectivity index (χ3v) is 4.24. The van der Waals surface area contributed by atoms with Crippen LogP contribution in [-0.4, -0.2) is 25.4 Å². The summed E-state index contributed by atoms with van der Waals surface area (Å²) in [4.78, 5) is 10.2. The molecule has 0 atom stereocenters. The van der Waals surface area contributed by atoms with Crippen molar-refractivity contribution in [2.75, 3.05) is 6.54 Å². The van der Waals surface area contributed by atoms with Gasteiger partial charge in [-0.15, -0.1) is 12.4 Å². The first-order chi connectivity index (χ1) is 8.94. The summed E-state index contributed by atoms with van der Waals surface area (Å²) in [6.07, 6.45) is 0. The Kier molecular flexibility index (Phi) is 6.31. The summed E-state index contributed by atoms with van der Waals surface area (Å²) in [5.74, 6) is 0. The molecule has 0 radical (unpaired) electrons. The van der Waals surface area contributed by atoms with Gasteiger partial charge < -0.3 is 5.73 Å². The Balaban J connectivity index is 0.00000400. The van der Waals surface area contributed by atoms with E-state index in [4.69, 9.17) is 5.73 Å². The summed E-state index contributed by atoms with van der Waals surface area (Å²) in [6.45, 7) is 6.56. The van der Waals surface area contributed by atoms with E-state index in [1.165, 1.54) is 6.07 Å². The Labute approximate surface area is 130 Å². The first kappa shape index (κ1) is 19.8. The van der Waals surface area contributed by atoms with E-state index in [9.17, 15) is 18.5 Å². The molecule has 0 fully saturated rings. The van der Waals surface area contributed by atoms with Crippen LogP contribution in [0.15, 0.2) is 17.0 Å². The number of hydrogen-bond acceptors (Lipinski definition) is 5. The van der Waals surface area contributed by atoms with Gasteiger partial charge in [-0.3, -0.25) is 10.1 Å². The van der Waals surface area contributed by atoms with E-state index in [1.807, 2.05) is 0 Å². The van der Waals surface area contributed by atoms with Crippen molar-refractivity contribution < 1.29 is 13.3 Å². The number of nitrogens with two attached hydrogens (primary N) is 1. The number of nitrogens with one attached hydrogen (secondary N) is 1. The molecule has 0 heterocycles. The number of aryl methyl sites for hydroxylation is 2. The first-order valence-corrected chi connectivity index (χ1v) is 7.46. The topological polar surface area (TPSA) is 115 Å². The minimum atomic E-state index is -3.83. The molecule has 9 heteroatoms. The van der Waals surface area contributed by atoms with Crippen LogP contribution < -0.4 is 10.5 Å². The van der Waals surface area contributed by atoms with E-state index in [0.717, 1.165) is 6.07 Å². The molecule has 0 bridgehead atoms. The van der Waals surface area contributed by atoms with E-state index in [0.29, 0.717) is 11.1 Å². The molecule has 120 valence electrons. The molecule has 3 N–H and O–H groups in total. The zero-order chi connectivity index (χ0) is 15.7. The molecular formula is C12H20ClN3O4S. The van der Waals surface area contributed by atoms with Crippen molar-refractivity contribution in [1.29, 1.82) is 0 Å². The number of hydrogen-bond donors (Lipinski definition) is 2. The lowest BCUT2D eigenvalue weighted by molar-refractivity contribution is -0.385. The van der Waals surface area contributed by atoms with Gasteiger partial charge in [0.2, 0.25) is 10.0 Å². The highest BCUT2D eigenvalue weighted by Crippen LogP contribution is 2.25. The molecule has 0 aliphatic heterocycles. The third-order valence-electron chi connectivity index (χ3n) is 2.70. The molecule has 21 heavy (non-hydrogen) atoms. The minimum absolute atomic E-state index is 0. The Morgan fingerprint density at radius 3 is 2.24 bits per heavy atom. The molecule has 1 aromatic rings. The van der Waals surface area contributed by atoms with Gasteiger partial charge in [0.05, 0.1) is 9.82 Å². The zero-order valence-electron chi connectivity index (χ0n) is 12.3. The lowest BCUT2D eigenvalue weighted by Crippen LogP contribution is -2.45. The van der Waals surface area contributed by atoms with Gasteiger partial charge in [-0.05, 0) is 39.3 Å². The fraction of sp³-hybridized carbons (Fsp3) is 0.500. The van der Waals surface area contributed by atoms with Crippen LogP contribution in [0.5, 0.6) is 0 Å². The van der Waals surface area contributed by atoms with Crippen molar-refractivity contribution in [3.05, 3.63) is 33.4 Å². The lowest BCUT2D eigenvalue weighted by Gasteiger charge is -2.19. The summed E-state index contributed by atoms with van der Waals surface area (Å²) in [7, 11) is -3.83. The molecule has 0 amide bonds. The van der Waals surface area contributed by atoms with Crippen molar-refractivity contribution in [2.24, 2.45) is 5.73 Å². The van der Waals surface area contributed by atoms with Gasteiger partial charge in [0.25, 0.3) is 5.69 Å². The summed E-state index contributed by atoms with van der Waals surface area (Å²) in [5.41, 5.74) is 5.67. The number of rotatable bonds is 5. The SMILES string of the molecule is Cc1cc(C)c(S(=O)(=O)NCC(C)(C)N)cc1[N+](=O)[O-].Cl. The van der Waals surface area contributed by atoms with Gasteiger partial charge in [0.1, 0.15) is 0 Å². The van der Waals surface area contributed by atoms with Gasteiger partial charge in [0.15, 0.2) is 0 Å². The van der Waals surface area contributed by atoms with Crippen molar-refractivity contribution in [1.82, 2.24) is 4.72 Å². The molecule has 0 saturated heterocycles. The average Bonchev–Trinajstić information content (AvgIpc) is 2.24. The van der Waals surface area contributed by atoms with Crippen molar-refractivity contribution in [3.63, 3.8) is 0 Å². The Morgan fingerprint density at radius 2 is 1.81 bits per heavy atom. The number of sulfonamides is 1. The Bertz CT molecular complexity index is 639. The molecule has 0 aromatic heterocycles. The highest BCUT2D eigenvalue weighted by atomic mass is 35.5. The normalized spacial score (nSPS) is 11.9. The third kappa shape index (κ3) is 5.24. The predicted molar refractivity (Wildman–Crippen MR) is 83.3 cm³/mol. The number of halogens is 1. The molecule has 0 saturated carbocycles. The van der Waals surface area contributed by atoms with E-state index < -0.39 is 20.5 Å². The minimum Gasteiger partial charge on any atom is -0.324 e. The second-order valence-electron chi connectivity index (χ2n) is 5.47. The van der Waals surface area contributed by atoms with Gasteiger partial charge in [-0.1, -0.05) is 0 Å². The van der Waals surface area contributed by atoms with Crippen molar-refractivity contribution >= 4 is 28.1 Å². The number of nitro groups is 1. The Hall–Kier alpha value is -1.22. The van der Waals surface area contributed by atoms with E-state index >= 15 is 0 Å². The second-order valence-corrected chi connectivity index (χ2v) is 7.21. The standard InChI is InChI=1S/C12H19N3O4S.ClH/c1-8-5-9(2)11(6-10(8)15(16)17)20(18,19)14-7-12(3,4)13;/h5-6,14H,7,13H2,1-4H3;1H. The molecule has 0 unspecified atom stereocenters. The molecule has 0 aliphatic rings. The van der Waals surface area contributed by atoms with Crippen LogP contribution >= 0.6 is 12.4 Å². The van der Waals surface area contributed by atoms with Crippen molar-refractivity contribution in [3.8, 4) is 0 Å². The summed E-state index contributed by atoms with van der Waals surface area (Å²) >= 11 is 0. The van der Waals surface area contributed by atoms with E-state index in [2.05, 4.69) is 4.72 Å². The summed E-state index contributed by atoms with van der Waals surface area (Å²) < 4.78 is 26.8.